The van der Waals surface area contributed by atoms with E-state index < -0.39 is 29.2 Å². The van der Waals surface area contributed by atoms with Gasteiger partial charge in [-0.25, -0.2) is 9.97 Å². The molecule has 0 unspecified atom stereocenters. The fourth-order valence-corrected chi connectivity index (χ4v) is 5.76. The van der Waals surface area contributed by atoms with Crippen LogP contribution in [0.1, 0.15) is 15.6 Å². The number of carboxylic acids is 1. The molecule has 2 amide bonds. The van der Waals surface area contributed by atoms with Crippen molar-refractivity contribution < 1.29 is 58.6 Å². The number of rotatable bonds is 8. The summed E-state index contributed by atoms with van der Waals surface area (Å²) in [7, 11) is 1.27. The molecule has 1 fully saturated rings. The van der Waals surface area contributed by atoms with E-state index in [1.165, 1.54) is 35.6 Å². The van der Waals surface area contributed by atoms with Crippen LogP contribution in [-0.2, 0) is 30.6 Å². The first-order valence-corrected chi connectivity index (χ1v) is 12.1. The number of ether oxygens (including phenoxy) is 1. The molecule has 2 aliphatic rings. The van der Waals surface area contributed by atoms with Crippen LogP contribution in [0.15, 0.2) is 28.2 Å². The Balaban J connectivity index is 0.00000324. The van der Waals surface area contributed by atoms with Crippen molar-refractivity contribution in [3.05, 3.63) is 38.6 Å². The maximum atomic E-state index is 12.8. The van der Waals surface area contributed by atoms with Gasteiger partial charge >= 0.3 is 29.6 Å². The standard InChI is InChI=1S/C18H18N6O6S3.Na/c1-7-20-3-8(33-7)4-30-10-6-31-16-12(15(26)24(16)13(10)17(27)28)22-14(25)11(23-29-2)9-5-32-18(19)21-9;/h3,5,12,16H,4,6H2,1-2H3,(H2,19,21)(H,22,25)(H,27,28);/q;+1/p-1/b23-11-;/t12-,16+;/m1./s1. The number of aromatic nitrogens is 2. The summed E-state index contributed by atoms with van der Waals surface area (Å²) in [4.78, 5) is 52.1. The SMILES string of the molecule is CO/N=C(\C(=O)N[C@@H]1C(=O)N2C(C(=O)[O-])=C(OCc3cnc(C)s3)CS[C@@H]12)c1csc(N)n1.[Na+]. The molecule has 0 radical (unpaired) electrons. The summed E-state index contributed by atoms with van der Waals surface area (Å²) in [5.74, 6) is -2.54. The van der Waals surface area contributed by atoms with Crippen LogP contribution < -0.4 is 45.7 Å². The van der Waals surface area contributed by atoms with E-state index in [9.17, 15) is 19.5 Å². The number of carbonyl (C=O) groups is 3. The molecule has 174 valence electrons. The molecule has 3 N–H and O–H groups in total. The van der Waals surface area contributed by atoms with Gasteiger partial charge in [0.05, 0.1) is 21.6 Å². The normalized spacial score (nSPS) is 19.6. The number of carboxylic acid groups (broad SMARTS) is 1. The number of thiazole rings is 2. The van der Waals surface area contributed by atoms with Crippen LogP contribution in [0.4, 0.5) is 5.13 Å². The molecular formula is C18H17N6NaO6S3. The first-order valence-electron chi connectivity index (χ1n) is 9.36. The third-order valence-corrected chi connectivity index (χ3v) is 7.45. The molecule has 34 heavy (non-hydrogen) atoms. The number of β-lactam (4-membered cyclic amide) rings is 1. The Morgan fingerprint density at radius 1 is 1.44 bits per heavy atom. The van der Waals surface area contributed by atoms with Crippen LogP contribution in [-0.4, -0.2) is 62.6 Å². The number of anilines is 1. The van der Waals surface area contributed by atoms with Crippen molar-refractivity contribution in [1.29, 1.82) is 0 Å². The summed E-state index contributed by atoms with van der Waals surface area (Å²) in [6.07, 6.45) is 1.65. The van der Waals surface area contributed by atoms with E-state index in [0.29, 0.717) is 0 Å². The van der Waals surface area contributed by atoms with E-state index in [1.54, 1.807) is 6.20 Å². The second-order valence-electron chi connectivity index (χ2n) is 6.75. The summed E-state index contributed by atoms with van der Waals surface area (Å²) in [5.41, 5.74) is 5.32. The quantitative estimate of drug-likeness (QED) is 0.150. The molecule has 2 aliphatic heterocycles. The molecule has 0 aliphatic carbocycles. The Hall–Kier alpha value is -2.17. The molecule has 0 aromatic carbocycles. The number of nitrogens with one attached hydrogen (secondary N) is 1. The second-order valence-corrected chi connectivity index (χ2v) is 10.1. The molecular weight excluding hydrogens is 515 g/mol. The first-order chi connectivity index (χ1) is 15.8. The number of nitrogens with zero attached hydrogens (tertiary/aromatic N) is 4. The van der Waals surface area contributed by atoms with Crippen LogP contribution in [0.5, 0.6) is 0 Å². The minimum atomic E-state index is -1.53. The zero-order valence-electron chi connectivity index (χ0n) is 18.3. The molecule has 0 spiro atoms. The van der Waals surface area contributed by atoms with Gasteiger partial charge in [0.25, 0.3) is 11.8 Å². The number of hydrogen-bond donors (Lipinski definition) is 2. The Morgan fingerprint density at radius 3 is 2.79 bits per heavy atom. The minimum absolute atomic E-state index is 0. The van der Waals surface area contributed by atoms with Gasteiger partial charge in [-0.1, -0.05) is 5.16 Å². The number of amides is 2. The van der Waals surface area contributed by atoms with E-state index in [1.807, 2.05) is 6.92 Å². The second kappa shape index (κ2) is 11.0. The van der Waals surface area contributed by atoms with E-state index in [0.717, 1.165) is 26.1 Å². The van der Waals surface area contributed by atoms with Gasteiger partial charge in [-0.3, -0.25) is 14.5 Å². The molecule has 1 saturated heterocycles. The third kappa shape index (κ3) is 5.23. The van der Waals surface area contributed by atoms with Crippen LogP contribution in [0.25, 0.3) is 0 Å². The van der Waals surface area contributed by atoms with Crippen molar-refractivity contribution >= 4 is 63.1 Å². The molecule has 0 bridgehead atoms. The van der Waals surface area contributed by atoms with E-state index in [4.69, 9.17) is 15.3 Å². The van der Waals surface area contributed by atoms with E-state index in [2.05, 4.69) is 20.4 Å². The summed E-state index contributed by atoms with van der Waals surface area (Å²) >= 11 is 3.80. The van der Waals surface area contributed by atoms with Crippen LogP contribution >= 0.6 is 34.4 Å². The third-order valence-electron chi connectivity index (χ3n) is 4.63. The molecule has 4 rings (SSSR count). The van der Waals surface area contributed by atoms with Gasteiger partial charge in [0.1, 0.15) is 42.3 Å². The molecule has 2 aromatic rings. The number of nitrogen functional groups attached to an aromatic ring is 1. The van der Waals surface area contributed by atoms with Crippen molar-refractivity contribution in [2.75, 3.05) is 18.6 Å². The smallest absolute Gasteiger partial charge is 0.543 e. The van der Waals surface area contributed by atoms with Crippen LogP contribution in [0.2, 0.25) is 0 Å². The van der Waals surface area contributed by atoms with Crippen molar-refractivity contribution in [2.45, 2.75) is 24.9 Å². The number of nitrogens with two attached hydrogens (primary N) is 1. The van der Waals surface area contributed by atoms with Gasteiger partial charge in [0.2, 0.25) is 0 Å². The van der Waals surface area contributed by atoms with Crippen molar-refractivity contribution in [3.63, 3.8) is 0 Å². The number of aryl methyl sites for hydroxylation is 1. The number of oxime groups is 1. The Kier molecular flexibility index (Phi) is 8.59. The van der Waals surface area contributed by atoms with Gasteiger partial charge in [-0.2, -0.15) is 0 Å². The zero-order valence-corrected chi connectivity index (χ0v) is 22.7. The van der Waals surface area contributed by atoms with Crippen molar-refractivity contribution in [1.82, 2.24) is 20.2 Å². The summed E-state index contributed by atoms with van der Waals surface area (Å²) in [6.45, 7) is 1.97. The molecule has 2 aromatic heterocycles. The molecule has 12 nitrogen and oxygen atoms in total. The summed E-state index contributed by atoms with van der Waals surface area (Å²) in [6, 6.07) is -0.972. The Morgan fingerprint density at radius 2 is 2.21 bits per heavy atom. The summed E-state index contributed by atoms with van der Waals surface area (Å²) in [5, 5.41) is 20.1. The predicted molar refractivity (Wildman–Crippen MR) is 119 cm³/mol. The number of thioether (sulfide) groups is 1. The van der Waals surface area contributed by atoms with Gasteiger partial charge in [0.15, 0.2) is 10.8 Å². The maximum absolute atomic E-state index is 12.8. The minimum Gasteiger partial charge on any atom is -0.543 e. The predicted octanol–water partition coefficient (Wildman–Crippen LogP) is -3.58. The van der Waals surface area contributed by atoms with Gasteiger partial charge in [0, 0.05) is 11.6 Å². The average Bonchev–Trinajstić information content (AvgIpc) is 3.40. The van der Waals surface area contributed by atoms with Gasteiger partial charge < -0.3 is 30.5 Å². The summed E-state index contributed by atoms with van der Waals surface area (Å²) < 4.78 is 5.68. The molecule has 0 saturated carbocycles. The molecule has 2 atom stereocenters. The zero-order chi connectivity index (χ0) is 23.7. The fraction of sp³-hybridized carbons (Fsp3) is 0.333. The Bertz CT molecular complexity index is 1180. The monoisotopic (exact) mass is 532 g/mol. The van der Waals surface area contributed by atoms with Crippen molar-refractivity contribution in [2.24, 2.45) is 5.16 Å². The average molecular weight is 533 g/mol. The molecule has 16 heteroatoms. The number of carbonyl (C=O) groups excluding carboxylic acids is 3. The number of fused-ring (bicyclic) bond motifs is 1. The Labute approximate surface area is 227 Å². The number of aliphatic carboxylic acids is 1. The van der Waals surface area contributed by atoms with Gasteiger partial charge in [-0.05, 0) is 6.92 Å². The largest absolute Gasteiger partial charge is 1.00 e. The molecule has 4 heterocycles. The van der Waals surface area contributed by atoms with E-state index in [-0.39, 0.29) is 69.9 Å². The van der Waals surface area contributed by atoms with Gasteiger partial charge in [-0.15, -0.1) is 34.4 Å². The topological polar surface area (TPSA) is 172 Å². The first kappa shape index (κ1) is 26.4. The fourth-order valence-electron chi connectivity index (χ4n) is 3.22. The maximum Gasteiger partial charge on any atom is 1.00 e. The van der Waals surface area contributed by atoms with Crippen molar-refractivity contribution in [3.8, 4) is 0 Å². The van der Waals surface area contributed by atoms with E-state index >= 15 is 0 Å². The number of hydrogen-bond acceptors (Lipinski definition) is 13. The van der Waals surface area contributed by atoms with Crippen LogP contribution in [0.3, 0.4) is 0 Å². The van der Waals surface area contributed by atoms with Crippen LogP contribution in [0, 0.1) is 6.92 Å².